The first-order valence-corrected chi connectivity index (χ1v) is 13.0. The Labute approximate surface area is 234 Å². The number of likely N-dealkylation sites (tertiary alicyclic amines) is 1. The second-order valence-corrected chi connectivity index (χ2v) is 10.4. The number of carboxylic acid groups (broad SMARTS) is 2. The first-order valence-electron chi connectivity index (χ1n) is 12.1. The van der Waals surface area contributed by atoms with Crippen LogP contribution < -0.4 is 4.90 Å². The van der Waals surface area contributed by atoms with Gasteiger partial charge in [0.05, 0.1) is 22.6 Å². The van der Waals surface area contributed by atoms with Gasteiger partial charge in [-0.05, 0) is 37.6 Å². The molecule has 0 aliphatic carbocycles. The molecule has 1 saturated heterocycles. The average Bonchev–Trinajstić information content (AvgIpc) is 3.58. The first-order chi connectivity index (χ1) is 19.1. The molecule has 222 valence electrons. The Morgan fingerprint density at radius 3 is 2.07 bits per heavy atom. The quantitative estimate of drug-likeness (QED) is 0.388. The van der Waals surface area contributed by atoms with E-state index in [0.717, 1.165) is 32.7 Å². The van der Waals surface area contributed by atoms with Crippen molar-refractivity contribution < 1.29 is 46.1 Å². The lowest BCUT2D eigenvalue weighted by molar-refractivity contribution is -0.193. The zero-order chi connectivity index (χ0) is 30.4. The topological polar surface area (TPSA) is 107 Å². The zero-order valence-electron chi connectivity index (χ0n) is 21.6. The van der Waals surface area contributed by atoms with E-state index in [2.05, 4.69) is 64.2 Å². The van der Waals surface area contributed by atoms with Crippen molar-refractivity contribution in [3.63, 3.8) is 0 Å². The molecule has 1 atom stereocenters. The molecule has 1 unspecified atom stereocenters. The number of alkyl halides is 6. The number of carboxylic acids is 2. The van der Waals surface area contributed by atoms with Crippen LogP contribution in [-0.2, 0) is 28.1 Å². The van der Waals surface area contributed by atoms with Crippen LogP contribution in [0.1, 0.15) is 28.2 Å². The molecule has 2 N–H and O–H groups in total. The van der Waals surface area contributed by atoms with Crippen molar-refractivity contribution in [1.29, 1.82) is 0 Å². The van der Waals surface area contributed by atoms with E-state index in [1.54, 1.807) is 11.3 Å². The Kier molecular flexibility index (Phi) is 9.97. The third-order valence-corrected chi connectivity index (χ3v) is 7.39. The van der Waals surface area contributed by atoms with Gasteiger partial charge in [-0.25, -0.2) is 14.6 Å². The van der Waals surface area contributed by atoms with Gasteiger partial charge in [0.2, 0.25) is 0 Å². The van der Waals surface area contributed by atoms with E-state index >= 15 is 0 Å². The van der Waals surface area contributed by atoms with Crippen LogP contribution >= 0.6 is 11.3 Å². The maximum Gasteiger partial charge on any atom is 0.490 e. The summed E-state index contributed by atoms with van der Waals surface area (Å²) in [5.41, 5.74) is 7.27. The molecule has 4 heterocycles. The molecule has 8 nitrogen and oxygen atoms in total. The Balaban J connectivity index is 0.000000276. The van der Waals surface area contributed by atoms with Crippen LogP contribution in [0.25, 0.3) is 0 Å². The number of aromatic nitrogens is 2. The Morgan fingerprint density at radius 1 is 0.927 bits per heavy atom. The summed E-state index contributed by atoms with van der Waals surface area (Å²) in [6, 6.07) is 15.1. The van der Waals surface area contributed by atoms with Crippen molar-refractivity contribution in [2.24, 2.45) is 0 Å². The second-order valence-electron chi connectivity index (χ2n) is 9.42. The van der Waals surface area contributed by atoms with Crippen LogP contribution in [0.4, 0.5) is 32.0 Å². The van der Waals surface area contributed by atoms with E-state index in [9.17, 15) is 26.3 Å². The smallest absolute Gasteiger partial charge is 0.475 e. The van der Waals surface area contributed by atoms with E-state index in [1.807, 2.05) is 11.7 Å². The number of thiazole rings is 1. The number of hydrogen-bond acceptors (Lipinski definition) is 7. The van der Waals surface area contributed by atoms with Crippen molar-refractivity contribution in [3.8, 4) is 0 Å². The van der Waals surface area contributed by atoms with Gasteiger partial charge in [0.1, 0.15) is 0 Å². The van der Waals surface area contributed by atoms with Gasteiger partial charge in [0.15, 0.2) is 0 Å². The number of fused-ring (bicyclic) bond motifs is 2. The standard InChI is InChI=1S/C22H24N4S.2C2HF3O2/c1-17-20(27-16-24-17)13-25-11-9-22(14-25)15-26(12-18-6-3-2-4-7-18)19-8-5-10-23-21(19)22;2*3-2(4,5)1(6)7/h2-8,10,16H,9,11-15H2,1H3;2*(H,6,7). The molecular formula is C26H26F6N4O4S. The van der Waals surface area contributed by atoms with Crippen LogP contribution in [0, 0.1) is 6.92 Å². The van der Waals surface area contributed by atoms with E-state index < -0.39 is 24.3 Å². The third-order valence-electron chi connectivity index (χ3n) is 6.47. The third kappa shape index (κ3) is 8.39. The van der Waals surface area contributed by atoms with Crippen LogP contribution in [0.5, 0.6) is 0 Å². The highest BCUT2D eigenvalue weighted by molar-refractivity contribution is 7.09. The number of halogens is 6. The van der Waals surface area contributed by atoms with Gasteiger partial charge >= 0.3 is 24.3 Å². The normalized spacial score (nSPS) is 18.3. The largest absolute Gasteiger partial charge is 0.490 e. The highest BCUT2D eigenvalue weighted by Crippen LogP contribution is 2.46. The van der Waals surface area contributed by atoms with Crippen molar-refractivity contribution >= 4 is 29.0 Å². The Hall–Kier alpha value is -3.72. The molecular weight excluding hydrogens is 578 g/mol. The Bertz CT molecular complexity index is 1310. The summed E-state index contributed by atoms with van der Waals surface area (Å²) in [6.07, 6.45) is -7.03. The van der Waals surface area contributed by atoms with Crippen LogP contribution in [0.3, 0.4) is 0 Å². The van der Waals surface area contributed by atoms with Crippen LogP contribution in [0.2, 0.25) is 0 Å². The summed E-state index contributed by atoms with van der Waals surface area (Å²) in [4.78, 5) is 33.6. The summed E-state index contributed by atoms with van der Waals surface area (Å²) in [7, 11) is 0. The maximum atomic E-state index is 10.6. The minimum absolute atomic E-state index is 0.157. The van der Waals surface area contributed by atoms with E-state index in [0.29, 0.717) is 0 Å². The number of benzene rings is 1. The minimum Gasteiger partial charge on any atom is -0.475 e. The molecule has 1 fully saturated rings. The number of pyridine rings is 1. The summed E-state index contributed by atoms with van der Waals surface area (Å²) in [5, 5.41) is 14.2. The van der Waals surface area contributed by atoms with Gasteiger partial charge in [-0.15, -0.1) is 11.3 Å². The summed E-state index contributed by atoms with van der Waals surface area (Å²) in [6.45, 7) is 7.36. The predicted octanol–water partition coefficient (Wildman–Crippen LogP) is 5.28. The molecule has 0 radical (unpaired) electrons. The fraction of sp³-hybridized carbons (Fsp3) is 0.385. The molecule has 2 aliphatic rings. The number of rotatable bonds is 4. The van der Waals surface area contributed by atoms with Gasteiger partial charge < -0.3 is 15.1 Å². The first kappa shape index (κ1) is 31.8. The lowest BCUT2D eigenvalue weighted by Gasteiger charge is -2.26. The van der Waals surface area contributed by atoms with Gasteiger partial charge in [-0.2, -0.15) is 26.3 Å². The van der Waals surface area contributed by atoms with Crippen molar-refractivity contribution in [1.82, 2.24) is 14.9 Å². The van der Waals surface area contributed by atoms with Crippen molar-refractivity contribution in [2.45, 2.75) is 44.2 Å². The highest BCUT2D eigenvalue weighted by atomic mass is 32.1. The number of carbonyl (C=O) groups is 2. The van der Waals surface area contributed by atoms with Gasteiger partial charge in [0.25, 0.3) is 0 Å². The molecule has 41 heavy (non-hydrogen) atoms. The molecule has 1 spiro atoms. The number of anilines is 1. The monoisotopic (exact) mass is 604 g/mol. The van der Waals surface area contributed by atoms with Gasteiger partial charge in [-0.1, -0.05) is 30.3 Å². The average molecular weight is 605 g/mol. The molecule has 3 aromatic rings. The van der Waals surface area contributed by atoms with Gasteiger partial charge in [-0.3, -0.25) is 9.88 Å². The molecule has 0 saturated carbocycles. The molecule has 2 aromatic heterocycles. The SMILES string of the molecule is Cc1ncsc1CN1CCC2(C1)CN(Cc1ccccc1)c1cccnc12.O=C(O)C(F)(F)F.O=C(O)C(F)(F)F. The molecule has 0 bridgehead atoms. The lowest BCUT2D eigenvalue weighted by atomic mass is 9.85. The number of aryl methyl sites for hydroxylation is 1. The summed E-state index contributed by atoms with van der Waals surface area (Å²) < 4.78 is 63.5. The van der Waals surface area contributed by atoms with Crippen molar-refractivity contribution in [2.75, 3.05) is 24.5 Å². The lowest BCUT2D eigenvalue weighted by Crippen LogP contribution is -2.36. The summed E-state index contributed by atoms with van der Waals surface area (Å²) in [5.74, 6) is -5.51. The van der Waals surface area contributed by atoms with E-state index in [1.165, 1.54) is 33.9 Å². The fourth-order valence-electron chi connectivity index (χ4n) is 4.63. The highest BCUT2D eigenvalue weighted by Gasteiger charge is 2.48. The van der Waals surface area contributed by atoms with E-state index in [-0.39, 0.29) is 5.41 Å². The second kappa shape index (κ2) is 12.9. The van der Waals surface area contributed by atoms with Gasteiger partial charge in [0, 0.05) is 42.7 Å². The molecule has 5 rings (SSSR count). The van der Waals surface area contributed by atoms with Crippen LogP contribution in [-0.4, -0.2) is 69.0 Å². The maximum absolute atomic E-state index is 10.6. The fourth-order valence-corrected chi connectivity index (χ4v) is 5.45. The van der Waals surface area contributed by atoms with E-state index in [4.69, 9.17) is 24.8 Å². The predicted molar refractivity (Wildman–Crippen MR) is 138 cm³/mol. The molecule has 1 aromatic carbocycles. The van der Waals surface area contributed by atoms with Crippen molar-refractivity contribution in [3.05, 3.63) is 76.0 Å². The molecule has 0 amide bonds. The number of nitrogens with zero attached hydrogens (tertiary/aromatic N) is 4. The number of aliphatic carboxylic acids is 2. The number of hydrogen-bond donors (Lipinski definition) is 2. The minimum atomic E-state index is -5.08. The Morgan fingerprint density at radius 2 is 1.54 bits per heavy atom. The summed E-state index contributed by atoms with van der Waals surface area (Å²) >= 11 is 1.78. The molecule has 2 aliphatic heterocycles. The zero-order valence-corrected chi connectivity index (χ0v) is 22.4. The van der Waals surface area contributed by atoms with Crippen LogP contribution in [0.15, 0.2) is 54.2 Å². The molecule has 15 heteroatoms.